The number of nitrogens with zero attached hydrogens (tertiary/aromatic N) is 1. The van der Waals surface area contributed by atoms with Crippen molar-refractivity contribution < 1.29 is 64.3 Å². The smallest absolute Gasteiger partial charge is 0.340 e. The first-order valence-corrected chi connectivity index (χ1v) is 12.1. The highest BCUT2D eigenvalue weighted by molar-refractivity contribution is 7.66. The van der Waals surface area contributed by atoms with Gasteiger partial charge in [0.05, 0.1) is 13.0 Å². The van der Waals surface area contributed by atoms with E-state index in [0.29, 0.717) is 12.3 Å². The Labute approximate surface area is 168 Å². The van der Waals surface area contributed by atoms with Crippen LogP contribution in [0.1, 0.15) is 12.6 Å². The zero-order valence-electron chi connectivity index (χ0n) is 14.7. The van der Waals surface area contributed by atoms with Gasteiger partial charge in [0, 0.05) is 12.3 Å². The van der Waals surface area contributed by atoms with E-state index in [4.69, 9.17) is 19.4 Å². The van der Waals surface area contributed by atoms with Crippen LogP contribution in [0, 0.1) is 0 Å². The van der Waals surface area contributed by atoms with E-state index in [0.717, 1.165) is 0 Å². The molecule has 5 N–H and O–H groups in total. The van der Waals surface area contributed by atoms with Crippen molar-refractivity contribution >= 4 is 23.5 Å². The van der Waals surface area contributed by atoms with Gasteiger partial charge in [0.1, 0.15) is 12.3 Å². The van der Waals surface area contributed by atoms with Gasteiger partial charge >= 0.3 is 29.2 Å². The standard InChI is InChI=1S/C10H14F3N2O13P3/c11-4-9(5-25-30(21,22)28-31(23,24)27-29(18,19)20)3-10(12,13)7(26-9)15-2-1-6(16)14-8(15)17/h1-2,7H,3-5H2,(H,21,22)(H,23,24)(H,14,16,17)(H2,18,19,20)/t7-,9-/m1/s1. The maximum absolute atomic E-state index is 14.4. The van der Waals surface area contributed by atoms with Crippen LogP contribution in [0.25, 0.3) is 0 Å². The molecule has 1 aromatic heterocycles. The van der Waals surface area contributed by atoms with Gasteiger partial charge in [-0.2, -0.15) is 8.62 Å². The van der Waals surface area contributed by atoms with Gasteiger partial charge in [-0.1, -0.05) is 0 Å². The molecule has 0 aromatic carbocycles. The number of alkyl halides is 3. The summed E-state index contributed by atoms with van der Waals surface area (Å²) in [5, 5.41) is 0. The quantitative estimate of drug-likeness (QED) is 0.274. The summed E-state index contributed by atoms with van der Waals surface area (Å²) in [5.74, 6) is -3.96. The van der Waals surface area contributed by atoms with Crippen LogP contribution in [0.15, 0.2) is 21.9 Å². The normalized spacial score (nSPS) is 27.5. The van der Waals surface area contributed by atoms with E-state index in [1.54, 1.807) is 4.98 Å². The highest BCUT2D eigenvalue weighted by Gasteiger charge is 2.60. The van der Waals surface area contributed by atoms with E-state index in [2.05, 4.69) is 13.1 Å². The Morgan fingerprint density at radius 3 is 2.29 bits per heavy atom. The molecule has 0 aliphatic carbocycles. The first-order chi connectivity index (χ1) is 13.9. The number of rotatable bonds is 9. The van der Waals surface area contributed by atoms with E-state index in [9.17, 15) is 41.3 Å². The molecular weight excluding hydrogens is 506 g/mol. The van der Waals surface area contributed by atoms with Gasteiger partial charge in [-0.05, 0) is 0 Å². The van der Waals surface area contributed by atoms with Crippen molar-refractivity contribution in [3.8, 4) is 0 Å². The van der Waals surface area contributed by atoms with Crippen LogP contribution < -0.4 is 11.2 Å². The molecule has 1 aliphatic heterocycles. The zero-order chi connectivity index (χ0) is 23.9. The van der Waals surface area contributed by atoms with Gasteiger partial charge in [-0.15, -0.1) is 0 Å². The van der Waals surface area contributed by atoms with Crippen molar-refractivity contribution in [2.45, 2.75) is 24.2 Å². The molecule has 0 spiro atoms. The molecular formula is C10H14F3N2O13P3. The highest BCUT2D eigenvalue weighted by atomic mass is 31.3. The predicted molar refractivity (Wildman–Crippen MR) is 89.5 cm³/mol. The Kier molecular flexibility index (Phi) is 7.28. The average molecular weight is 520 g/mol. The molecule has 1 fully saturated rings. The predicted octanol–water partition coefficient (Wildman–Crippen LogP) is 0.142. The molecule has 2 heterocycles. The Morgan fingerprint density at radius 2 is 1.77 bits per heavy atom. The van der Waals surface area contributed by atoms with E-state index in [1.807, 2.05) is 0 Å². The molecule has 31 heavy (non-hydrogen) atoms. The van der Waals surface area contributed by atoms with Crippen molar-refractivity contribution in [2.24, 2.45) is 0 Å². The largest absolute Gasteiger partial charge is 0.490 e. The van der Waals surface area contributed by atoms with Crippen LogP contribution in [-0.4, -0.2) is 53.9 Å². The minimum Gasteiger partial charge on any atom is -0.340 e. The van der Waals surface area contributed by atoms with Crippen LogP contribution in [0.4, 0.5) is 13.2 Å². The van der Waals surface area contributed by atoms with Crippen LogP contribution in [0.2, 0.25) is 0 Å². The van der Waals surface area contributed by atoms with Crippen molar-refractivity contribution in [1.29, 1.82) is 0 Å². The van der Waals surface area contributed by atoms with Gasteiger partial charge < -0.3 is 24.3 Å². The second kappa shape index (κ2) is 8.65. The summed E-state index contributed by atoms with van der Waals surface area (Å²) in [4.78, 5) is 59.8. The average Bonchev–Trinajstić information content (AvgIpc) is 2.81. The molecule has 2 unspecified atom stereocenters. The fourth-order valence-electron chi connectivity index (χ4n) is 2.46. The van der Waals surface area contributed by atoms with Crippen LogP contribution in [0.3, 0.4) is 0 Å². The summed E-state index contributed by atoms with van der Waals surface area (Å²) in [6, 6.07) is 0.697. The lowest BCUT2D eigenvalue weighted by molar-refractivity contribution is -0.147. The zero-order valence-corrected chi connectivity index (χ0v) is 17.4. The summed E-state index contributed by atoms with van der Waals surface area (Å²) in [7, 11) is -17.3. The molecule has 1 saturated heterocycles. The topological polar surface area (TPSA) is 224 Å². The lowest BCUT2D eigenvalue weighted by atomic mass is 10.0. The van der Waals surface area contributed by atoms with Crippen LogP contribution in [-0.2, 0) is 31.6 Å². The third kappa shape index (κ3) is 6.91. The van der Waals surface area contributed by atoms with Gasteiger partial charge in [0.25, 0.3) is 11.5 Å². The maximum Gasteiger partial charge on any atom is 0.490 e. The molecule has 4 atom stereocenters. The number of aromatic amines is 1. The second-order valence-electron chi connectivity index (χ2n) is 6.11. The number of halogens is 3. The molecule has 0 radical (unpaired) electrons. The molecule has 1 aliphatic rings. The summed E-state index contributed by atoms with van der Waals surface area (Å²) in [6.07, 6.45) is -3.35. The van der Waals surface area contributed by atoms with Crippen LogP contribution in [0.5, 0.6) is 0 Å². The van der Waals surface area contributed by atoms with E-state index >= 15 is 0 Å². The molecule has 21 heteroatoms. The SMILES string of the molecule is O=c1ccn([C@@H]2O[C@](CF)(COP(=O)(O)OP(=O)(O)OP(=O)(O)O)CC2(F)F)c(=O)[nH]1. The summed E-state index contributed by atoms with van der Waals surface area (Å²) in [6.45, 7) is -3.27. The molecule has 0 amide bonds. The van der Waals surface area contributed by atoms with Crippen molar-refractivity contribution in [3.63, 3.8) is 0 Å². The summed E-state index contributed by atoms with van der Waals surface area (Å²) < 4.78 is 92.0. The number of phosphoric ester groups is 1. The number of nitrogens with one attached hydrogen (secondary N) is 1. The third-order valence-electron chi connectivity index (χ3n) is 3.53. The number of ether oxygens (including phenoxy) is 1. The van der Waals surface area contributed by atoms with Crippen molar-refractivity contribution in [3.05, 3.63) is 33.1 Å². The van der Waals surface area contributed by atoms with Gasteiger partial charge in [-0.25, -0.2) is 31.7 Å². The Hall–Kier alpha value is -1.16. The molecule has 15 nitrogen and oxygen atoms in total. The van der Waals surface area contributed by atoms with E-state index in [-0.39, 0.29) is 4.57 Å². The molecule has 178 valence electrons. The molecule has 0 bridgehead atoms. The number of hydrogen-bond donors (Lipinski definition) is 5. The summed E-state index contributed by atoms with van der Waals surface area (Å²) >= 11 is 0. The highest BCUT2D eigenvalue weighted by Crippen LogP contribution is 2.66. The molecule has 2 rings (SSSR count). The van der Waals surface area contributed by atoms with Crippen molar-refractivity contribution in [1.82, 2.24) is 9.55 Å². The summed E-state index contributed by atoms with van der Waals surface area (Å²) in [5.41, 5.74) is -4.93. The number of aromatic nitrogens is 2. The maximum atomic E-state index is 14.4. The molecule has 1 aromatic rings. The Bertz CT molecular complexity index is 1090. The second-order valence-corrected chi connectivity index (χ2v) is 10.5. The first-order valence-electron chi connectivity index (χ1n) is 7.61. The van der Waals surface area contributed by atoms with Crippen LogP contribution >= 0.6 is 23.5 Å². The molecule has 0 saturated carbocycles. The first kappa shape index (κ1) is 26.1. The monoisotopic (exact) mass is 520 g/mol. The fourth-order valence-corrected chi connectivity index (χ4v) is 5.55. The number of phosphoric acid groups is 3. The minimum absolute atomic E-state index is 0.226. The number of H-pyrrole nitrogens is 1. The van der Waals surface area contributed by atoms with E-state index < -0.39 is 72.2 Å². The number of hydrogen-bond acceptors (Lipinski definition) is 9. The third-order valence-corrected chi connectivity index (χ3v) is 7.32. The Balaban J connectivity index is 2.20. The lowest BCUT2D eigenvalue weighted by Crippen LogP contribution is -2.38. The van der Waals surface area contributed by atoms with Gasteiger partial charge in [0.15, 0.2) is 0 Å². The van der Waals surface area contributed by atoms with Crippen molar-refractivity contribution in [2.75, 3.05) is 13.3 Å². The van der Waals surface area contributed by atoms with E-state index in [1.165, 1.54) is 0 Å². The minimum atomic E-state index is -5.89. The van der Waals surface area contributed by atoms with Gasteiger partial charge in [-0.3, -0.25) is 18.9 Å². The lowest BCUT2D eigenvalue weighted by Gasteiger charge is -2.26. The van der Waals surface area contributed by atoms with Gasteiger partial charge in [0.2, 0.25) is 6.23 Å². The Morgan fingerprint density at radius 1 is 1.16 bits per heavy atom. The fraction of sp³-hybridized carbons (Fsp3) is 0.600.